The molecule has 1 unspecified atom stereocenters. The maximum atomic E-state index is 12.2. The van der Waals surface area contributed by atoms with Crippen LogP contribution in [-0.4, -0.2) is 5.11 Å². The van der Waals surface area contributed by atoms with Gasteiger partial charge in [0.2, 0.25) is 17.1 Å². The standard InChI is InChI=1S/C16H11BrN2O4/c17-11-4-2-1-3-9(11)13-10(6-18)16(19)23-14-12(21)5-8(7-20)22-15(13)14/h1-5,13,20H,7,19H2. The molecule has 1 aromatic heterocycles. The maximum absolute atomic E-state index is 12.2. The normalized spacial score (nSPS) is 16.5. The van der Waals surface area contributed by atoms with Gasteiger partial charge in [-0.3, -0.25) is 4.79 Å². The fraction of sp³-hybridized carbons (Fsp3) is 0.125. The van der Waals surface area contributed by atoms with E-state index in [0.717, 1.165) is 10.5 Å². The second-order valence-electron chi connectivity index (χ2n) is 4.87. The lowest BCUT2D eigenvalue weighted by molar-refractivity contribution is 0.231. The molecule has 0 aliphatic carbocycles. The van der Waals surface area contributed by atoms with E-state index in [4.69, 9.17) is 14.9 Å². The molecular formula is C16H11BrN2O4. The minimum Gasteiger partial charge on any atom is -0.458 e. The summed E-state index contributed by atoms with van der Waals surface area (Å²) in [5.74, 6) is -0.658. The first-order chi connectivity index (χ1) is 11.1. The van der Waals surface area contributed by atoms with E-state index in [2.05, 4.69) is 15.9 Å². The molecule has 2 heterocycles. The second kappa shape index (κ2) is 5.91. The van der Waals surface area contributed by atoms with E-state index in [1.54, 1.807) is 12.1 Å². The number of nitrogens with zero attached hydrogens (tertiary/aromatic N) is 1. The number of allylic oxidation sites excluding steroid dienone is 1. The van der Waals surface area contributed by atoms with Crippen molar-refractivity contribution in [2.24, 2.45) is 5.73 Å². The fourth-order valence-corrected chi connectivity index (χ4v) is 3.00. The van der Waals surface area contributed by atoms with Crippen molar-refractivity contribution in [1.82, 2.24) is 0 Å². The van der Waals surface area contributed by atoms with Gasteiger partial charge in [-0.1, -0.05) is 34.1 Å². The van der Waals surface area contributed by atoms with Crippen LogP contribution in [0.5, 0.6) is 5.75 Å². The van der Waals surface area contributed by atoms with Crippen molar-refractivity contribution in [3.05, 3.63) is 73.6 Å². The molecule has 1 atom stereocenters. The van der Waals surface area contributed by atoms with E-state index >= 15 is 0 Å². The predicted octanol–water partition coefficient (Wildman–Crippen LogP) is 2.11. The summed E-state index contributed by atoms with van der Waals surface area (Å²) >= 11 is 3.43. The molecule has 1 aliphatic rings. The molecule has 6 nitrogen and oxygen atoms in total. The molecule has 0 saturated heterocycles. The van der Waals surface area contributed by atoms with Gasteiger partial charge in [-0.15, -0.1) is 0 Å². The van der Waals surface area contributed by atoms with Gasteiger partial charge in [0.25, 0.3) is 0 Å². The van der Waals surface area contributed by atoms with E-state index in [-0.39, 0.29) is 28.7 Å². The average molecular weight is 375 g/mol. The first kappa shape index (κ1) is 15.3. The number of aliphatic hydroxyl groups is 1. The molecule has 0 radical (unpaired) electrons. The number of aliphatic hydroxyl groups excluding tert-OH is 1. The quantitative estimate of drug-likeness (QED) is 0.832. The lowest BCUT2D eigenvalue weighted by Crippen LogP contribution is -2.25. The lowest BCUT2D eigenvalue weighted by Gasteiger charge is -2.25. The summed E-state index contributed by atoms with van der Waals surface area (Å²) in [4.78, 5) is 12.2. The summed E-state index contributed by atoms with van der Waals surface area (Å²) in [7, 11) is 0. The van der Waals surface area contributed by atoms with Crippen LogP contribution < -0.4 is 15.9 Å². The van der Waals surface area contributed by atoms with E-state index in [1.807, 2.05) is 18.2 Å². The Bertz CT molecular complexity index is 911. The van der Waals surface area contributed by atoms with Crippen molar-refractivity contribution in [3.63, 3.8) is 0 Å². The smallest absolute Gasteiger partial charge is 0.228 e. The summed E-state index contributed by atoms with van der Waals surface area (Å²) in [5.41, 5.74) is 6.19. The number of nitrogens with two attached hydrogens (primary N) is 1. The Morgan fingerprint density at radius 2 is 2.13 bits per heavy atom. The van der Waals surface area contributed by atoms with E-state index < -0.39 is 18.0 Å². The van der Waals surface area contributed by atoms with E-state index in [9.17, 15) is 15.2 Å². The van der Waals surface area contributed by atoms with Gasteiger partial charge in [0, 0.05) is 10.5 Å². The van der Waals surface area contributed by atoms with Crippen molar-refractivity contribution >= 4 is 15.9 Å². The Morgan fingerprint density at radius 3 is 2.78 bits per heavy atom. The van der Waals surface area contributed by atoms with Crippen LogP contribution in [0.3, 0.4) is 0 Å². The Balaban J connectivity index is 2.34. The highest BCUT2D eigenvalue weighted by molar-refractivity contribution is 9.10. The zero-order chi connectivity index (χ0) is 16.6. The van der Waals surface area contributed by atoms with Crippen molar-refractivity contribution in [2.75, 3.05) is 0 Å². The Morgan fingerprint density at radius 1 is 1.39 bits per heavy atom. The van der Waals surface area contributed by atoms with Crippen molar-refractivity contribution in [3.8, 4) is 11.8 Å². The first-order valence-electron chi connectivity index (χ1n) is 6.66. The van der Waals surface area contributed by atoms with Crippen LogP contribution in [0.15, 0.2) is 55.5 Å². The minimum absolute atomic E-state index is 0.0700. The van der Waals surface area contributed by atoms with Gasteiger partial charge in [0.15, 0.2) is 5.76 Å². The van der Waals surface area contributed by atoms with Crippen LogP contribution in [0.4, 0.5) is 0 Å². The number of fused-ring (bicyclic) bond motifs is 1. The summed E-state index contributed by atoms with van der Waals surface area (Å²) in [6.07, 6.45) is 0. The number of rotatable bonds is 2. The zero-order valence-corrected chi connectivity index (χ0v) is 13.3. The van der Waals surface area contributed by atoms with Gasteiger partial charge in [0.05, 0.1) is 5.92 Å². The lowest BCUT2D eigenvalue weighted by atomic mass is 9.87. The van der Waals surface area contributed by atoms with Crippen LogP contribution >= 0.6 is 15.9 Å². The van der Waals surface area contributed by atoms with E-state index in [0.29, 0.717) is 5.56 Å². The molecule has 0 amide bonds. The third-order valence-electron chi connectivity index (χ3n) is 3.50. The van der Waals surface area contributed by atoms with Gasteiger partial charge in [-0.05, 0) is 11.6 Å². The summed E-state index contributed by atoms with van der Waals surface area (Å²) < 4.78 is 11.6. The number of hydrogen-bond acceptors (Lipinski definition) is 6. The molecule has 0 fully saturated rings. The molecule has 7 heteroatoms. The van der Waals surface area contributed by atoms with Crippen molar-refractivity contribution in [2.45, 2.75) is 12.5 Å². The van der Waals surface area contributed by atoms with Crippen LogP contribution in [0.1, 0.15) is 23.0 Å². The second-order valence-corrected chi connectivity index (χ2v) is 5.73. The average Bonchev–Trinajstić information content (AvgIpc) is 2.55. The van der Waals surface area contributed by atoms with Gasteiger partial charge < -0.3 is 20.0 Å². The number of halogens is 1. The van der Waals surface area contributed by atoms with Crippen molar-refractivity contribution in [1.29, 1.82) is 5.26 Å². The first-order valence-corrected chi connectivity index (χ1v) is 7.46. The molecule has 0 saturated carbocycles. The minimum atomic E-state index is -0.696. The molecule has 3 rings (SSSR count). The largest absolute Gasteiger partial charge is 0.458 e. The molecule has 0 spiro atoms. The molecule has 2 aromatic rings. The van der Waals surface area contributed by atoms with Crippen LogP contribution in [0, 0.1) is 11.3 Å². The number of ether oxygens (including phenoxy) is 1. The summed E-state index contributed by atoms with van der Waals surface area (Å²) in [6.45, 7) is -0.438. The highest BCUT2D eigenvalue weighted by atomic mass is 79.9. The molecule has 23 heavy (non-hydrogen) atoms. The molecule has 1 aromatic carbocycles. The SMILES string of the molecule is N#CC1=C(N)Oc2c(oc(CO)cc2=O)C1c1ccccc1Br. The molecule has 1 aliphatic heterocycles. The third-order valence-corrected chi connectivity index (χ3v) is 4.22. The third kappa shape index (κ3) is 2.52. The van der Waals surface area contributed by atoms with Gasteiger partial charge in [-0.25, -0.2) is 0 Å². The van der Waals surface area contributed by atoms with Crippen LogP contribution in [0.2, 0.25) is 0 Å². The molecule has 116 valence electrons. The van der Waals surface area contributed by atoms with Gasteiger partial charge >= 0.3 is 0 Å². The highest BCUT2D eigenvalue weighted by Crippen LogP contribution is 2.42. The monoisotopic (exact) mass is 374 g/mol. The Labute approximate surface area is 139 Å². The highest BCUT2D eigenvalue weighted by Gasteiger charge is 2.35. The van der Waals surface area contributed by atoms with Crippen molar-refractivity contribution < 1.29 is 14.3 Å². The Kier molecular flexibility index (Phi) is 3.94. The maximum Gasteiger partial charge on any atom is 0.228 e. The Hall–Kier alpha value is -2.56. The zero-order valence-electron chi connectivity index (χ0n) is 11.7. The topological polar surface area (TPSA) is 109 Å². The number of benzene rings is 1. The summed E-state index contributed by atoms with van der Waals surface area (Å²) in [6, 6.07) is 10.4. The van der Waals surface area contributed by atoms with Gasteiger partial charge in [0.1, 0.15) is 24.0 Å². The van der Waals surface area contributed by atoms with Crippen LogP contribution in [-0.2, 0) is 6.61 Å². The number of nitriles is 1. The van der Waals surface area contributed by atoms with Crippen LogP contribution in [0.25, 0.3) is 0 Å². The fourth-order valence-electron chi connectivity index (χ4n) is 2.48. The summed E-state index contributed by atoms with van der Waals surface area (Å²) in [5, 5.41) is 18.7. The molecule has 3 N–H and O–H groups in total. The molecule has 0 bridgehead atoms. The van der Waals surface area contributed by atoms with Gasteiger partial charge in [-0.2, -0.15) is 5.26 Å². The van der Waals surface area contributed by atoms with E-state index in [1.165, 1.54) is 0 Å². The predicted molar refractivity (Wildman–Crippen MR) is 84.3 cm³/mol. The number of hydrogen-bond donors (Lipinski definition) is 2. The molecular weight excluding hydrogens is 364 g/mol.